The fourth-order valence-corrected chi connectivity index (χ4v) is 1.18. The van der Waals surface area contributed by atoms with Gasteiger partial charge in [-0.15, -0.1) is 6.58 Å². The number of aromatic carboxylic acids is 1. The lowest BCUT2D eigenvalue weighted by atomic mass is 10.0. The summed E-state index contributed by atoms with van der Waals surface area (Å²) < 4.78 is 0. The molecule has 5 N–H and O–H groups in total. The molecule has 0 aliphatic rings. The molecule has 0 bridgehead atoms. The lowest BCUT2D eigenvalue weighted by Gasteiger charge is -2.10. The van der Waals surface area contributed by atoms with Gasteiger partial charge in [-0.2, -0.15) is 0 Å². The van der Waals surface area contributed by atoms with Crippen molar-refractivity contribution in [3.05, 3.63) is 42.0 Å². The van der Waals surface area contributed by atoms with Crippen molar-refractivity contribution in [3.63, 3.8) is 0 Å². The van der Waals surface area contributed by atoms with Crippen LogP contribution in [0.4, 0.5) is 5.69 Å². The van der Waals surface area contributed by atoms with E-state index in [0.717, 1.165) is 0 Å². The standard InChI is InChI=1S/C10H12N2O2/c1-2-9(12)7-4-3-6(11)5-8(7)10(13)14/h2-5,9H,1,11-12H2,(H,13,14)/t9-/m1/s1. The Morgan fingerprint density at radius 1 is 1.57 bits per heavy atom. The number of nitrogens with two attached hydrogens (primary N) is 2. The summed E-state index contributed by atoms with van der Waals surface area (Å²) in [4.78, 5) is 10.8. The SMILES string of the molecule is C=C[C@@H](N)c1ccc(N)cc1C(=O)O. The van der Waals surface area contributed by atoms with Crippen LogP contribution in [0.3, 0.4) is 0 Å². The van der Waals surface area contributed by atoms with E-state index < -0.39 is 12.0 Å². The van der Waals surface area contributed by atoms with Crippen molar-refractivity contribution in [1.29, 1.82) is 0 Å². The van der Waals surface area contributed by atoms with Crippen LogP contribution in [0.5, 0.6) is 0 Å². The van der Waals surface area contributed by atoms with Crippen molar-refractivity contribution in [1.82, 2.24) is 0 Å². The Morgan fingerprint density at radius 2 is 2.21 bits per heavy atom. The second-order valence-electron chi connectivity index (χ2n) is 2.91. The van der Waals surface area contributed by atoms with Gasteiger partial charge in [0.2, 0.25) is 0 Å². The summed E-state index contributed by atoms with van der Waals surface area (Å²) in [6.07, 6.45) is 1.48. The zero-order valence-corrected chi connectivity index (χ0v) is 7.60. The van der Waals surface area contributed by atoms with Gasteiger partial charge in [-0.25, -0.2) is 4.79 Å². The molecule has 0 aliphatic carbocycles. The molecule has 1 aromatic carbocycles. The molecule has 0 aromatic heterocycles. The van der Waals surface area contributed by atoms with Crippen molar-refractivity contribution in [2.75, 3.05) is 5.73 Å². The van der Waals surface area contributed by atoms with Crippen molar-refractivity contribution < 1.29 is 9.90 Å². The van der Waals surface area contributed by atoms with E-state index in [4.69, 9.17) is 16.6 Å². The molecule has 0 saturated heterocycles. The van der Waals surface area contributed by atoms with Crippen LogP contribution in [-0.4, -0.2) is 11.1 Å². The van der Waals surface area contributed by atoms with E-state index >= 15 is 0 Å². The minimum Gasteiger partial charge on any atom is -0.478 e. The quantitative estimate of drug-likeness (QED) is 0.495. The van der Waals surface area contributed by atoms with E-state index in [-0.39, 0.29) is 5.56 Å². The Bertz CT molecular complexity index is 374. The van der Waals surface area contributed by atoms with Gasteiger partial charge in [-0.1, -0.05) is 12.1 Å². The number of nitrogen functional groups attached to an aromatic ring is 1. The molecule has 14 heavy (non-hydrogen) atoms. The van der Waals surface area contributed by atoms with E-state index in [0.29, 0.717) is 11.3 Å². The molecule has 0 unspecified atom stereocenters. The maximum Gasteiger partial charge on any atom is 0.336 e. The van der Waals surface area contributed by atoms with Crippen molar-refractivity contribution in [2.24, 2.45) is 5.73 Å². The number of hydrogen-bond donors (Lipinski definition) is 3. The first kappa shape index (κ1) is 10.3. The van der Waals surface area contributed by atoms with Crippen LogP contribution in [0.15, 0.2) is 30.9 Å². The average molecular weight is 192 g/mol. The predicted octanol–water partition coefficient (Wildman–Crippen LogP) is 1.15. The molecule has 0 aliphatic heterocycles. The maximum absolute atomic E-state index is 10.8. The fraction of sp³-hybridized carbons (Fsp3) is 0.100. The van der Waals surface area contributed by atoms with Crippen LogP contribution in [-0.2, 0) is 0 Å². The maximum atomic E-state index is 10.8. The largest absolute Gasteiger partial charge is 0.478 e. The summed E-state index contributed by atoms with van der Waals surface area (Å²) in [5, 5.41) is 8.89. The Kier molecular flexibility index (Phi) is 2.89. The summed E-state index contributed by atoms with van der Waals surface area (Å²) in [5.41, 5.74) is 12.2. The van der Waals surface area contributed by atoms with Crippen LogP contribution in [0.2, 0.25) is 0 Å². The second-order valence-corrected chi connectivity index (χ2v) is 2.91. The zero-order chi connectivity index (χ0) is 10.7. The van der Waals surface area contributed by atoms with Crippen molar-refractivity contribution in [3.8, 4) is 0 Å². The van der Waals surface area contributed by atoms with Crippen LogP contribution >= 0.6 is 0 Å². The third-order valence-corrected chi connectivity index (χ3v) is 1.92. The monoisotopic (exact) mass is 192 g/mol. The minimum absolute atomic E-state index is 0.123. The van der Waals surface area contributed by atoms with E-state index in [9.17, 15) is 4.79 Å². The zero-order valence-electron chi connectivity index (χ0n) is 7.60. The van der Waals surface area contributed by atoms with Crippen LogP contribution in [0, 0.1) is 0 Å². The van der Waals surface area contributed by atoms with E-state index in [1.807, 2.05) is 0 Å². The predicted molar refractivity (Wildman–Crippen MR) is 54.9 cm³/mol. The number of carboxylic acid groups (broad SMARTS) is 1. The molecule has 0 amide bonds. The van der Waals surface area contributed by atoms with Gasteiger partial charge in [0.15, 0.2) is 0 Å². The number of benzene rings is 1. The van der Waals surface area contributed by atoms with Gasteiger partial charge >= 0.3 is 5.97 Å². The molecular formula is C10H12N2O2. The Morgan fingerprint density at radius 3 is 2.71 bits per heavy atom. The van der Waals surface area contributed by atoms with Crippen molar-refractivity contribution >= 4 is 11.7 Å². The highest BCUT2D eigenvalue weighted by molar-refractivity contribution is 5.90. The number of rotatable bonds is 3. The normalized spacial score (nSPS) is 12.1. The molecule has 0 spiro atoms. The number of anilines is 1. The highest BCUT2D eigenvalue weighted by Gasteiger charge is 2.13. The molecule has 4 nitrogen and oxygen atoms in total. The first-order chi connectivity index (χ1) is 6.56. The van der Waals surface area contributed by atoms with Crippen LogP contribution in [0.25, 0.3) is 0 Å². The molecular weight excluding hydrogens is 180 g/mol. The first-order valence-corrected chi connectivity index (χ1v) is 4.07. The van der Waals surface area contributed by atoms with Gasteiger partial charge in [-0.05, 0) is 17.7 Å². The molecule has 0 fully saturated rings. The minimum atomic E-state index is -1.04. The third kappa shape index (κ3) is 1.92. The molecule has 0 heterocycles. The third-order valence-electron chi connectivity index (χ3n) is 1.92. The van der Waals surface area contributed by atoms with E-state index in [1.165, 1.54) is 12.1 Å². The van der Waals surface area contributed by atoms with E-state index in [1.54, 1.807) is 12.1 Å². The molecule has 1 rings (SSSR count). The Hall–Kier alpha value is -1.81. The average Bonchev–Trinajstić information content (AvgIpc) is 2.16. The molecule has 0 radical (unpaired) electrons. The lowest BCUT2D eigenvalue weighted by Crippen LogP contribution is -2.13. The van der Waals surface area contributed by atoms with Gasteiger partial charge in [0.25, 0.3) is 0 Å². The smallest absolute Gasteiger partial charge is 0.336 e. The molecule has 4 heteroatoms. The second kappa shape index (κ2) is 3.93. The molecule has 1 atom stereocenters. The highest BCUT2D eigenvalue weighted by atomic mass is 16.4. The highest BCUT2D eigenvalue weighted by Crippen LogP contribution is 2.19. The summed E-state index contributed by atoms with van der Waals surface area (Å²) >= 11 is 0. The van der Waals surface area contributed by atoms with Crippen molar-refractivity contribution in [2.45, 2.75) is 6.04 Å². The van der Waals surface area contributed by atoms with Crippen LogP contribution < -0.4 is 11.5 Å². The van der Waals surface area contributed by atoms with Gasteiger partial charge in [0.1, 0.15) is 0 Å². The Balaban J connectivity index is 3.28. The topological polar surface area (TPSA) is 89.3 Å². The molecule has 1 aromatic rings. The van der Waals surface area contributed by atoms with Gasteiger partial charge in [-0.3, -0.25) is 0 Å². The summed E-state index contributed by atoms with van der Waals surface area (Å²) in [6.45, 7) is 3.51. The Labute approximate surface area is 81.8 Å². The van der Waals surface area contributed by atoms with Gasteiger partial charge < -0.3 is 16.6 Å². The van der Waals surface area contributed by atoms with Gasteiger partial charge in [0, 0.05) is 11.7 Å². The summed E-state index contributed by atoms with van der Waals surface area (Å²) in [6, 6.07) is 4.12. The number of carbonyl (C=O) groups is 1. The van der Waals surface area contributed by atoms with Crippen LogP contribution in [0.1, 0.15) is 22.0 Å². The fourth-order valence-electron chi connectivity index (χ4n) is 1.18. The number of carboxylic acids is 1. The summed E-state index contributed by atoms with van der Waals surface area (Å²) in [5.74, 6) is -1.04. The summed E-state index contributed by atoms with van der Waals surface area (Å²) in [7, 11) is 0. The van der Waals surface area contributed by atoms with Gasteiger partial charge in [0.05, 0.1) is 5.56 Å². The molecule has 74 valence electrons. The molecule has 0 saturated carbocycles. The first-order valence-electron chi connectivity index (χ1n) is 4.07. The lowest BCUT2D eigenvalue weighted by molar-refractivity contribution is 0.0695. The van der Waals surface area contributed by atoms with E-state index in [2.05, 4.69) is 6.58 Å². The number of hydrogen-bond acceptors (Lipinski definition) is 3.